The van der Waals surface area contributed by atoms with E-state index in [1.54, 1.807) is 0 Å². The maximum Gasteiger partial charge on any atom is 0.125 e. The van der Waals surface area contributed by atoms with Crippen LogP contribution in [0.5, 0.6) is 0 Å². The zero-order valence-corrected chi connectivity index (χ0v) is 11.8. The summed E-state index contributed by atoms with van der Waals surface area (Å²) in [5, 5.41) is 3.36. The minimum Gasteiger partial charge on any atom is -0.370 e. The first-order valence-electron chi connectivity index (χ1n) is 7.07. The predicted octanol–water partition coefficient (Wildman–Crippen LogP) is 3.31. The van der Waals surface area contributed by atoms with E-state index in [2.05, 4.69) is 48.2 Å². The molecule has 3 nitrogen and oxygen atoms in total. The van der Waals surface area contributed by atoms with Crippen molar-refractivity contribution >= 4 is 5.82 Å². The van der Waals surface area contributed by atoms with Crippen LogP contribution in [0.15, 0.2) is 18.3 Å². The molecule has 1 N–H and O–H groups in total. The molecule has 1 atom stereocenters. The fourth-order valence-corrected chi connectivity index (χ4v) is 2.51. The molecule has 1 fully saturated rings. The van der Waals surface area contributed by atoms with Crippen LogP contribution in [0.2, 0.25) is 0 Å². The van der Waals surface area contributed by atoms with Gasteiger partial charge in [0.2, 0.25) is 0 Å². The molecule has 1 aliphatic rings. The maximum atomic E-state index is 4.52. The molecule has 100 valence electrons. The lowest BCUT2D eigenvalue weighted by molar-refractivity contribution is 0.187. The molecule has 1 unspecified atom stereocenters. The molecule has 1 aromatic heterocycles. The molecule has 0 amide bonds. The van der Waals surface area contributed by atoms with Crippen molar-refractivity contribution in [1.82, 2.24) is 9.88 Å². The van der Waals surface area contributed by atoms with E-state index in [9.17, 15) is 0 Å². The van der Waals surface area contributed by atoms with Gasteiger partial charge in [-0.2, -0.15) is 0 Å². The van der Waals surface area contributed by atoms with Crippen LogP contribution in [0.3, 0.4) is 0 Å². The quantitative estimate of drug-likeness (QED) is 0.884. The summed E-state index contributed by atoms with van der Waals surface area (Å²) >= 11 is 0. The van der Waals surface area contributed by atoms with Crippen LogP contribution in [0.4, 0.5) is 5.82 Å². The van der Waals surface area contributed by atoms with Gasteiger partial charge >= 0.3 is 0 Å². The van der Waals surface area contributed by atoms with E-state index < -0.39 is 0 Å². The van der Waals surface area contributed by atoms with E-state index in [-0.39, 0.29) is 0 Å². The van der Waals surface area contributed by atoms with Gasteiger partial charge in [-0.1, -0.05) is 26.3 Å². The van der Waals surface area contributed by atoms with Crippen LogP contribution in [0.1, 0.15) is 44.7 Å². The highest BCUT2D eigenvalue weighted by atomic mass is 15.1. The van der Waals surface area contributed by atoms with Crippen LogP contribution in [-0.4, -0.2) is 30.0 Å². The van der Waals surface area contributed by atoms with Crippen molar-refractivity contribution in [3.63, 3.8) is 0 Å². The average molecular weight is 247 g/mol. The van der Waals surface area contributed by atoms with Gasteiger partial charge in [-0.15, -0.1) is 0 Å². The Morgan fingerprint density at radius 3 is 2.83 bits per heavy atom. The van der Waals surface area contributed by atoms with Gasteiger partial charge in [0.15, 0.2) is 0 Å². The molecule has 0 radical (unpaired) electrons. The topological polar surface area (TPSA) is 28.2 Å². The zero-order chi connectivity index (χ0) is 13.0. The maximum absolute atomic E-state index is 4.52. The van der Waals surface area contributed by atoms with Crippen molar-refractivity contribution in [2.45, 2.75) is 39.2 Å². The monoisotopic (exact) mass is 247 g/mol. The highest BCUT2D eigenvalue weighted by molar-refractivity contribution is 5.36. The van der Waals surface area contributed by atoms with Gasteiger partial charge in [0.1, 0.15) is 5.82 Å². The largest absolute Gasteiger partial charge is 0.370 e. The summed E-state index contributed by atoms with van der Waals surface area (Å²) in [5.74, 6) is 1.64. The molecule has 0 spiro atoms. The summed E-state index contributed by atoms with van der Waals surface area (Å²) in [5.41, 5.74) is 1.35. The van der Waals surface area contributed by atoms with E-state index in [0.717, 1.165) is 12.4 Å². The fraction of sp³-hybridized carbons (Fsp3) is 0.667. The second-order valence-electron chi connectivity index (χ2n) is 5.74. The van der Waals surface area contributed by atoms with Crippen molar-refractivity contribution < 1.29 is 0 Å². The number of anilines is 1. The molecule has 0 bridgehead atoms. The molecule has 2 rings (SSSR count). The molecule has 0 aliphatic carbocycles. The predicted molar refractivity (Wildman–Crippen MR) is 76.8 cm³/mol. The summed E-state index contributed by atoms with van der Waals surface area (Å²) in [6.45, 7) is 6.60. The number of nitrogens with one attached hydrogen (secondary N) is 1. The van der Waals surface area contributed by atoms with Crippen molar-refractivity contribution in [2.24, 2.45) is 5.92 Å². The first kappa shape index (κ1) is 13.3. The Labute approximate surface area is 111 Å². The Morgan fingerprint density at radius 2 is 2.22 bits per heavy atom. The molecule has 0 saturated carbocycles. The van der Waals surface area contributed by atoms with Gasteiger partial charge in [0.05, 0.1) is 0 Å². The minimum atomic E-state index is 0.561. The van der Waals surface area contributed by atoms with Crippen LogP contribution < -0.4 is 5.32 Å². The normalized spacial score (nSPS) is 21.2. The third-order valence-corrected chi connectivity index (χ3v) is 3.63. The molecule has 1 aromatic rings. The van der Waals surface area contributed by atoms with Gasteiger partial charge in [-0.05, 0) is 44.0 Å². The van der Waals surface area contributed by atoms with Gasteiger partial charge in [0, 0.05) is 18.8 Å². The van der Waals surface area contributed by atoms with Crippen LogP contribution in [-0.2, 0) is 0 Å². The Hall–Kier alpha value is -1.09. The Morgan fingerprint density at radius 1 is 1.39 bits per heavy atom. The van der Waals surface area contributed by atoms with Gasteiger partial charge in [-0.3, -0.25) is 4.90 Å². The van der Waals surface area contributed by atoms with Gasteiger partial charge in [-0.25, -0.2) is 4.98 Å². The minimum absolute atomic E-state index is 0.561. The van der Waals surface area contributed by atoms with Crippen LogP contribution in [0.25, 0.3) is 0 Å². The summed E-state index contributed by atoms with van der Waals surface area (Å²) < 4.78 is 0. The van der Waals surface area contributed by atoms with Crippen molar-refractivity contribution in [1.29, 1.82) is 0 Å². The lowest BCUT2D eigenvalue weighted by atomic mass is 9.97. The van der Waals surface area contributed by atoms with E-state index in [1.165, 1.54) is 31.4 Å². The molecule has 2 heterocycles. The van der Waals surface area contributed by atoms with Gasteiger partial charge in [0.25, 0.3) is 0 Å². The number of hydrogen-bond acceptors (Lipinski definition) is 3. The summed E-state index contributed by atoms with van der Waals surface area (Å²) in [7, 11) is 2.22. The molecular weight excluding hydrogens is 222 g/mol. The molecular formula is C15H25N3. The molecule has 1 aliphatic heterocycles. The smallest absolute Gasteiger partial charge is 0.125 e. The lowest BCUT2D eigenvalue weighted by Gasteiger charge is -2.32. The Bertz CT molecular complexity index is 359. The molecule has 3 heteroatoms. The highest BCUT2D eigenvalue weighted by Gasteiger charge is 2.20. The zero-order valence-electron chi connectivity index (χ0n) is 11.8. The number of rotatable bonds is 4. The number of pyridine rings is 1. The van der Waals surface area contributed by atoms with E-state index in [0.29, 0.717) is 12.0 Å². The fourth-order valence-electron chi connectivity index (χ4n) is 2.51. The standard InChI is InChI=1S/C15H25N3/c1-12(2)10-16-15-8-7-13(11-17-15)14-6-4-5-9-18(14)3/h7-8,11-12,14H,4-6,9-10H2,1-3H3,(H,16,17). The van der Waals surface area contributed by atoms with E-state index >= 15 is 0 Å². The van der Waals surface area contributed by atoms with E-state index in [1.807, 2.05) is 6.20 Å². The second-order valence-corrected chi connectivity index (χ2v) is 5.74. The van der Waals surface area contributed by atoms with Crippen molar-refractivity contribution in [3.8, 4) is 0 Å². The Balaban J connectivity index is 1.98. The average Bonchev–Trinajstić information content (AvgIpc) is 2.38. The first-order valence-corrected chi connectivity index (χ1v) is 7.07. The Kier molecular flexibility index (Phi) is 4.59. The lowest BCUT2D eigenvalue weighted by Crippen LogP contribution is -2.29. The summed E-state index contributed by atoms with van der Waals surface area (Å²) in [6.07, 6.45) is 5.96. The number of hydrogen-bond donors (Lipinski definition) is 1. The third-order valence-electron chi connectivity index (χ3n) is 3.63. The number of piperidine rings is 1. The molecule has 0 aromatic carbocycles. The SMILES string of the molecule is CC(C)CNc1ccc(C2CCCCN2C)cn1. The number of nitrogens with zero attached hydrogens (tertiary/aromatic N) is 2. The van der Waals surface area contributed by atoms with Crippen LogP contribution >= 0.6 is 0 Å². The summed E-state index contributed by atoms with van der Waals surface area (Å²) in [6, 6.07) is 4.90. The van der Waals surface area contributed by atoms with E-state index in [4.69, 9.17) is 0 Å². The number of aromatic nitrogens is 1. The van der Waals surface area contributed by atoms with Crippen molar-refractivity contribution in [3.05, 3.63) is 23.9 Å². The molecule has 18 heavy (non-hydrogen) atoms. The van der Waals surface area contributed by atoms with Crippen molar-refractivity contribution in [2.75, 3.05) is 25.5 Å². The first-order chi connectivity index (χ1) is 8.66. The molecule has 1 saturated heterocycles. The summed E-state index contributed by atoms with van der Waals surface area (Å²) in [4.78, 5) is 6.97. The van der Waals surface area contributed by atoms with Gasteiger partial charge < -0.3 is 5.32 Å². The third kappa shape index (κ3) is 3.45. The van der Waals surface area contributed by atoms with Crippen LogP contribution in [0, 0.1) is 5.92 Å². The second kappa shape index (κ2) is 6.19. The highest BCUT2D eigenvalue weighted by Crippen LogP contribution is 2.29. The number of likely N-dealkylation sites (tertiary alicyclic amines) is 1.